The van der Waals surface area contributed by atoms with E-state index in [4.69, 9.17) is 22.1 Å². The van der Waals surface area contributed by atoms with E-state index in [1.165, 1.54) is 29.3 Å². The number of nitrogens with one attached hydrogen (secondary N) is 2. The molecule has 2 aromatic rings. The van der Waals surface area contributed by atoms with Gasteiger partial charge >= 0.3 is 6.09 Å². The number of benzene rings is 1. The average molecular weight is 591 g/mol. The number of nitrogens with zero attached hydrogens (tertiary/aromatic N) is 2. The Morgan fingerprint density at radius 3 is 2.77 bits per heavy atom. The number of hydrogen-bond donors (Lipinski definition) is 1. The first-order valence-electron chi connectivity index (χ1n) is 7.33. The summed E-state index contributed by atoms with van der Waals surface area (Å²) in [6.07, 6.45) is 0.172. The molecule has 1 aromatic heterocycles. The van der Waals surface area contributed by atoms with Crippen LogP contribution in [0, 0.1) is 49.9 Å². The second-order valence-corrected chi connectivity index (χ2v) is 5.70. The standard InChI is InChI=1S/C16H13ClFN4O3.Ac/c17-14-4-1-9(7-20-14)21-15(23)12-3-2-10(5-13(12)18)22-8-11(6-19)25-16(22)24;/h1-5,7,11,19H,6,8H2,(H,21,23);/q-1;/t11-;/m0./s1. The number of rotatable bonds is 4. The predicted molar refractivity (Wildman–Crippen MR) is 90.4 cm³/mol. The van der Waals surface area contributed by atoms with Crippen LogP contribution >= 0.6 is 11.6 Å². The molecule has 7 nitrogen and oxygen atoms in total. The van der Waals surface area contributed by atoms with E-state index in [9.17, 15) is 14.0 Å². The molecular weight excluding hydrogens is 578 g/mol. The molecule has 10 heteroatoms. The quantitative estimate of drug-likeness (QED) is 0.552. The van der Waals surface area contributed by atoms with Crippen LogP contribution in [0.15, 0.2) is 36.5 Å². The summed E-state index contributed by atoms with van der Waals surface area (Å²) in [5.41, 5.74) is 7.71. The maximum atomic E-state index is 14.3. The van der Waals surface area contributed by atoms with Gasteiger partial charge in [0.25, 0.3) is 5.91 Å². The first kappa shape index (κ1) is 21.0. The summed E-state index contributed by atoms with van der Waals surface area (Å²) >= 11 is 5.66. The number of cyclic esters (lactones) is 1. The Hall–Kier alpha value is -1.27. The van der Waals surface area contributed by atoms with E-state index in [2.05, 4.69) is 10.3 Å². The Labute approximate surface area is 189 Å². The number of carbonyl (C=O) groups is 2. The Morgan fingerprint density at radius 2 is 2.19 bits per heavy atom. The van der Waals surface area contributed by atoms with Gasteiger partial charge in [0.1, 0.15) is 17.1 Å². The van der Waals surface area contributed by atoms with E-state index in [0.717, 1.165) is 6.07 Å². The van der Waals surface area contributed by atoms with Gasteiger partial charge in [-0.05, 0) is 30.3 Å². The first-order valence-corrected chi connectivity index (χ1v) is 7.71. The zero-order valence-corrected chi connectivity index (χ0v) is 18.9. The largest absolute Gasteiger partial charge is 0.674 e. The zero-order chi connectivity index (χ0) is 18.0. The van der Waals surface area contributed by atoms with Gasteiger partial charge in [-0.1, -0.05) is 11.6 Å². The Balaban J connectivity index is 0.00000243. The molecule has 1 atom stereocenters. The third-order valence-electron chi connectivity index (χ3n) is 3.60. The van der Waals surface area contributed by atoms with Crippen molar-refractivity contribution >= 4 is 35.0 Å². The van der Waals surface area contributed by atoms with Gasteiger partial charge in [-0.15, -0.1) is 6.54 Å². The van der Waals surface area contributed by atoms with Gasteiger partial charge in [-0.25, -0.2) is 14.2 Å². The van der Waals surface area contributed by atoms with Crippen molar-refractivity contribution in [2.75, 3.05) is 23.3 Å². The van der Waals surface area contributed by atoms with Crippen LogP contribution in [0.25, 0.3) is 5.73 Å². The van der Waals surface area contributed by atoms with Crippen molar-refractivity contribution in [2.24, 2.45) is 0 Å². The number of pyridine rings is 1. The van der Waals surface area contributed by atoms with Crippen LogP contribution in [0.2, 0.25) is 5.15 Å². The number of aromatic nitrogens is 1. The SMILES string of the molecule is [Ac].[NH-]C[C@H]1CN(c2ccc(C(=O)Nc3ccc(Cl)nc3)c(F)c2)C(=O)O1. The monoisotopic (exact) mass is 590 g/mol. The predicted octanol–water partition coefficient (Wildman–Crippen LogP) is 3.50. The van der Waals surface area contributed by atoms with Crippen molar-refractivity contribution in [1.82, 2.24) is 4.98 Å². The fraction of sp³-hybridized carbons (Fsp3) is 0.188. The maximum absolute atomic E-state index is 14.3. The average Bonchev–Trinajstić information content (AvgIpc) is 2.97. The maximum Gasteiger partial charge on any atom is 0.414 e. The molecule has 2 amide bonds. The second-order valence-electron chi connectivity index (χ2n) is 5.31. The van der Waals surface area contributed by atoms with Crippen LogP contribution in [0.5, 0.6) is 0 Å². The Kier molecular flexibility index (Phi) is 7.35. The van der Waals surface area contributed by atoms with Gasteiger partial charge in [-0.3, -0.25) is 9.69 Å². The molecule has 133 valence electrons. The summed E-state index contributed by atoms with van der Waals surface area (Å²) < 4.78 is 19.3. The first-order chi connectivity index (χ1) is 12.0. The van der Waals surface area contributed by atoms with Crippen LogP contribution in [0.4, 0.5) is 20.6 Å². The number of anilines is 2. The molecule has 1 aliphatic heterocycles. The molecule has 26 heavy (non-hydrogen) atoms. The number of ether oxygens (including phenoxy) is 1. The molecule has 1 fully saturated rings. The molecule has 0 aliphatic carbocycles. The van der Waals surface area contributed by atoms with Crippen molar-refractivity contribution in [2.45, 2.75) is 6.10 Å². The molecule has 1 aromatic carbocycles. The van der Waals surface area contributed by atoms with E-state index in [-0.39, 0.29) is 73.6 Å². The minimum Gasteiger partial charge on any atom is -0.674 e. The summed E-state index contributed by atoms with van der Waals surface area (Å²) in [5, 5.41) is 2.79. The summed E-state index contributed by atoms with van der Waals surface area (Å²) in [7, 11) is 0. The normalized spacial score (nSPS) is 16.0. The fourth-order valence-corrected chi connectivity index (χ4v) is 2.45. The second kappa shape index (κ2) is 9.09. The molecule has 0 unspecified atom stereocenters. The summed E-state index contributed by atoms with van der Waals surface area (Å²) in [4.78, 5) is 29.0. The van der Waals surface area contributed by atoms with Crippen molar-refractivity contribution in [3.05, 3.63) is 58.8 Å². The van der Waals surface area contributed by atoms with Crippen LogP contribution in [0.3, 0.4) is 0 Å². The van der Waals surface area contributed by atoms with Gasteiger partial charge in [0.2, 0.25) is 0 Å². The number of carbonyl (C=O) groups excluding carboxylic acids is 2. The van der Waals surface area contributed by atoms with Crippen molar-refractivity contribution in [3.8, 4) is 0 Å². The molecular formula is C16H13AcClFN4O3-. The minimum atomic E-state index is -0.779. The molecule has 2 heterocycles. The minimum absolute atomic E-state index is 0. The van der Waals surface area contributed by atoms with Crippen LogP contribution in [-0.2, 0) is 4.74 Å². The molecule has 0 spiro atoms. The number of halogens is 2. The van der Waals surface area contributed by atoms with Crippen LogP contribution in [0.1, 0.15) is 10.4 Å². The molecule has 0 saturated carbocycles. The van der Waals surface area contributed by atoms with E-state index in [1.807, 2.05) is 0 Å². The number of amides is 2. The number of hydrogen-bond acceptors (Lipinski definition) is 4. The van der Waals surface area contributed by atoms with Crippen molar-refractivity contribution < 1.29 is 62.8 Å². The third kappa shape index (κ3) is 4.71. The van der Waals surface area contributed by atoms with Gasteiger partial charge in [0, 0.05) is 44.1 Å². The van der Waals surface area contributed by atoms with Gasteiger partial charge < -0.3 is 15.8 Å². The molecule has 2 N–H and O–H groups in total. The van der Waals surface area contributed by atoms with Gasteiger partial charge in [0.15, 0.2) is 0 Å². The fourth-order valence-electron chi connectivity index (χ4n) is 2.34. The van der Waals surface area contributed by atoms with Gasteiger partial charge in [-0.2, -0.15) is 0 Å². The van der Waals surface area contributed by atoms with Crippen molar-refractivity contribution in [1.29, 1.82) is 0 Å². The van der Waals surface area contributed by atoms with E-state index >= 15 is 0 Å². The molecule has 3 rings (SSSR count). The van der Waals surface area contributed by atoms with E-state index in [0.29, 0.717) is 5.69 Å². The summed E-state index contributed by atoms with van der Waals surface area (Å²) in [6, 6.07) is 6.86. The Bertz CT molecular complexity index is 822. The van der Waals surface area contributed by atoms with Crippen LogP contribution in [-0.4, -0.2) is 36.2 Å². The molecule has 1 aliphatic rings. The molecule has 1 radical (unpaired) electrons. The molecule has 1 saturated heterocycles. The summed E-state index contributed by atoms with van der Waals surface area (Å²) in [6.45, 7) is 0.101. The van der Waals surface area contributed by atoms with E-state index in [1.54, 1.807) is 6.07 Å². The Morgan fingerprint density at radius 1 is 1.42 bits per heavy atom. The van der Waals surface area contributed by atoms with Gasteiger partial charge in [0.05, 0.1) is 29.7 Å². The topological polar surface area (TPSA) is 95.3 Å². The van der Waals surface area contributed by atoms with Crippen molar-refractivity contribution in [3.63, 3.8) is 0 Å². The zero-order valence-electron chi connectivity index (χ0n) is 13.4. The van der Waals surface area contributed by atoms with E-state index < -0.39 is 23.9 Å². The smallest absolute Gasteiger partial charge is 0.414 e. The summed E-state index contributed by atoms with van der Waals surface area (Å²) in [5.74, 6) is -1.43. The van der Waals surface area contributed by atoms with Crippen LogP contribution < -0.4 is 10.2 Å². The third-order valence-corrected chi connectivity index (χ3v) is 3.82. The molecule has 0 bridgehead atoms.